The molecule has 2 rings (SSSR count). The zero-order chi connectivity index (χ0) is 13.7. The molecule has 1 atom stereocenters. The van der Waals surface area contributed by atoms with Gasteiger partial charge in [-0.3, -0.25) is 4.79 Å². The number of carbonyl (C=O) groups excluding carboxylic acids is 1. The molecular formula is C14H17N3O2. The first-order chi connectivity index (χ1) is 9.16. The molecular weight excluding hydrogens is 242 g/mol. The van der Waals surface area contributed by atoms with Crippen molar-refractivity contribution in [2.24, 2.45) is 5.73 Å². The van der Waals surface area contributed by atoms with Crippen LogP contribution in [-0.2, 0) is 0 Å². The number of nitrogens with one attached hydrogen (secondary N) is 1. The highest BCUT2D eigenvalue weighted by atomic mass is 16.5. The molecule has 0 aliphatic rings. The highest BCUT2D eigenvalue weighted by molar-refractivity contribution is 5.91. The third-order valence-corrected chi connectivity index (χ3v) is 2.82. The van der Waals surface area contributed by atoms with Crippen LogP contribution in [0.25, 0.3) is 0 Å². The summed E-state index contributed by atoms with van der Waals surface area (Å²) in [6.07, 6.45) is 0.670. The summed E-state index contributed by atoms with van der Waals surface area (Å²) in [6.45, 7) is 2.26. The van der Waals surface area contributed by atoms with Gasteiger partial charge in [-0.05, 0) is 18.9 Å². The smallest absolute Gasteiger partial charge is 0.289 e. The molecule has 2 aromatic rings. The minimum atomic E-state index is -0.263. The third-order valence-electron chi connectivity index (χ3n) is 2.82. The van der Waals surface area contributed by atoms with E-state index in [0.717, 1.165) is 5.56 Å². The highest BCUT2D eigenvalue weighted by Gasteiger charge is 2.11. The summed E-state index contributed by atoms with van der Waals surface area (Å²) in [5.41, 5.74) is 7.79. The minimum Gasteiger partial charge on any atom is -0.351 e. The molecule has 0 saturated heterocycles. The Kier molecular flexibility index (Phi) is 4.30. The normalized spacial score (nSPS) is 12.1. The molecule has 0 spiro atoms. The number of nitrogens with zero attached hydrogens (tertiary/aromatic N) is 1. The van der Waals surface area contributed by atoms with Gasteiger partial charge in [-0.2, -0.15) is 0 Å². The Morgan fingerprint density at radius 3 is 2.79 bits per heavy atom. The average Bonchev–Trinajstić information content (AvgIpc) is 2.86. The summed E-state index contributed by atoms with van der Waals surface area (Å²) in [4.78, 5) is 11.7. The van der Waals surface area contributed by atoms with E-state index in [2.05, 4.69) is 10.5 Å². The number of carbonyl (C=O) groups is 1. The first kappa shape index (κ1) is 13.3. The number of rotatable bonds is 5. The quantitative estimate of drug-likeness (QED) is 0.858. The van der Waals surface area contributed by atoms with Gasteiger partial charge in [-0.15, -0.1) is 0 Å². The maximum absolute atomic E-state index is 11.7. The largest absolute Gasteiger partial charge is 0.351 e. The fourth-order valence-corrected chi connectivity index (χ4v) is 1.77. The van der Waals surface area contributed by atoms with Crippen LogP contribution in [0.5, 0.6) is 0 Å². The first-order valence-electron chi connectivity index (χ1n) is 6.19. The maximum Gasteiger partial charge on any atom is 0.289 e. The molecule has 0 fully saturated rings. The number of amides is 1. The topological polar surface area (TPSA) is 81.2 Å². The lowest BCUT2D eigenvalue weighted by molar-refractivity contribution is 0.0915. The van der Waals surface area contributed by atoms with Crippen LogP contribution in [-0.4, -0.2) is 17.6 Å². The first-order valence-corrected chi connectivity index (χ1v) is 6.19. The second kappa shape index (κ2) is 6.15. The van der Waals surface area contributed by atoms with E-state index in [0.29, 0.717) is 18.7 Å². The fraction of sp³-hybridized carbons (Fsp3) is 0.286. The maximum atomic E-state index is 11.7. The van der Waals surface area contributed by atoms with Crippen molar-refractivity contribution in [1.82, 2.24) is 10.5 Å². The van der Waals surface area contributed by atoms with Gasteiger partial charge in [0.2, 0.25) is 5.76 Å². The summed E-state index contributed by atoms with van der Waals surface area (Å²) < 4.78 is 4.87. The van der Waals surface area contributed by atoms with Crippen molar-refractivity contribution >= 4 is 5.91 Å². The monoisotopic (exact) mass is 259 g/mol. The molecule has 100 valence electrons. The number of benzene rings is 1. The predicted octanol–water partition coefficient (Wildman–Crippen LogP) is 1.80. The molecule has 0 radical (unpaired) electrons. The van der Waals surface area contributed by atoms with Gasteiger partial charge < -0.3 is 15.6 Å². The van der Waals surface area contributed by atoms with Gasteiger partial charge in [0.15, 0.2) is 0 Å². The molecule has 1 aromatic heterocycles. The van der Waals surface area contributed by atoms with E-state index < -0.39 is 0 Å². The van der Waals surface area contributed by atoms with E-state index in [9.17, 15) is 4.79 Å². The van der Waals surface area contributed by atoms with Gasteiger partial charge in [-0.25, -0.2) is 0 Å². The van der Waals surface area contributed by atoms with Gasteiger partial charge in [-0.1, -0.05) is 35.5 Å². The minimum absolute atomic E-state index is 0.0852. The predicted molar refractivity (Wildman–Crippen MR) is 71.6 cm³/mol. The Morgan fingerprint density at radius 2 is 2.16 bits per heavy atom. The van der Waals surface area contributed by atoms with Crippen LogP contribution in [0.1, 0.15) is 34.3 Å². The van der Waals surface area contributed by atoms with Crippen LogP contribution in [0.15, 0.2) is 40.9 Å². The van der Waals surface area contributed by atoms with Crippen molar-refractivity contribution < 1.29 is 9.32 Å². The molecule has 3 N–H and O–H groups in total. The van der Waals surface area contributed by atoms with Gasteiger partial charge in [0.1, 0.15) is 0 Å². The number of nitrogens with two attached hydrogens (primary N) is 1. The Bertz CT molecular complexity index is 537. The van der Waals surface area contributed by atoms with Gasteiger partial charge in [0.25, 0.3) is 5.91 Å². The lowest BCUT2D eigenvalue weighted by Crippen LogP contribution is -2.26. The number of aromatic nitrogens is 1. The van der Waals surface area contributed by atoms with E-state index in [1.807, 2.05) is 30.3 Å². The van der Waals surface area contributed by atoms with E-state index in [1.165, 1.54) is 0 Å². The van der Waals surface area contributed by atoms with Gasteiger partial charge >= 0.3 is 0 Å². The average molecular weight is 259 g/mol. The lowest BCUT2D eigenvalue weighted by Gasteiger charge is -2.11. The Labute approximate surface area is 111 Å². The molecule has 1 aromatic carbocycles. The van der Waals surface area contributed by atoms with Crippen LogP contribution in [0.2, 0.25) is 0 Å². The zero-order valence-electron chi connectivity index (χ0n) is 10.8. The molecule has 5 nitrogen and oxygen atoms in total. The third kappa shape index (κ3) is 3.66. The van der Waals surface area contributed by atoms with Crippen LogP contribution >= 0.6 is 0 Å². The van der Waals surface area contributed by atoms with Crippen LogP contribution < -0.4 is 11.1 Å². The van der Waals surface area contributed by atoms with Crippen LogP contribution in [0.4, 0.5) is 0 Å². The molecule has 0 aliphatic carbocycles. The van der Waals surface area contributed by atoms with Crippen molar-refractivity contribution in [3.05, 3.63) is 53.4 Å². The van der Waals surface area contributed by atoms with Crippen molar-refractivity contribution in [2.45, 2.75) is 19.4 Å². The van der Waals surface area contributed by atoms with Crippen LogP contribution in [0.3, 0.4) is 0 Å². The molecule has 1 amide bonds. The summed E-state index contributed by atoms with van der Waals surface area (Å²) in [7, 11) is 0. The molecule has 0 aliphatic heterocycles. The van der Waals surface area contributed by atoms with Gasteiger partial charge in [0.05, 0.1) is 5.69 Å². The standard InChI is InChI=1S/C14H17N3O2/c1-10-9-13(19-17-10)14(18)16-8-7-12(15)11-5-3-2-4-6-11/h2-6,9,12H,7-8,15H2,1H3,(H,16,18). The number of hydrogen-bond acceptors (Lipinski definition) is 4. The molecule has 1 heterocycles. The fourth-order valence-electron chi connectivity index (χ4n) is 1.77. The molecule has 1 unspecified atom stereocenters. The van der Waals surface area contributed by atoms with Crippen molar-refractivity contribution in [2.75, 3.05) is 6.54 Å². The SMILES string of the molecule is Cc1cc(C(=O)NCCC(N)c2ccccc2)on1. The van der Waals surface area contributed by atoms with Crippen LogP contribution in [0, 0.1) is 6.92 Å². The van der Waals surface area contributed by atoms with E-state index >= 15 is 0 Å². The van der Waals surface area contributed by atoms with E-state index in [-0.39, 0.29) is 17.7 Å². The lowest BCUT2D eigenvalue weighted by atomic mass is 10.1. The second-order valence-corrected chi connectivity index (χ2v) is 4.39. The molecule has 19 heavy (non-hydrogen) atoms. The summed E-state index contributed by atoms with van der Waals surface area (Å²) >= 11 is 0. The van der Waals surface area contributed by atoms with E-state index in [1.54, 1.807) is 13.0 Å². The zero-order valence-corrected chi connectivity index (χ0v) is 10.8. The summed E-state index contributed by atoms with van der Waals surface area (Å²) in [6, 6.07) is 11.3. The van der Waals surface area contributed by atoms with Gasteiger partial charge in [0, 0.05) is 18.7 Å². The Morgan fingerprint density at radius 1 is 1.42 bits per heavy atom. The number of aryl methyl sites for hydroxylation is 1. The Balaban J connectivity index is 1.79. The molecule has 0 bridgehead atoms. The van der Waals surface area contributed by atoms with Crippen molar-refractivity contribution in [3.8, 4) is 0 Å². The summed E-state index contributed by atoms with van der Waals surface area (Å²) in [5, 5.41) is 6.43. The van der Waals surface area contributed by atoms with E-state index in [4.69, 9.17) is 10.3 Å². The second-order valence-electron chi connectivity index (χ2n) is 4.39. The Hall–Kier alpha value is -2.14. The number of hydrogen-bond donors (Lipinski definition) is 2. The molecule has 5 heteroatoms. The summed E-state index contributed by atoms with van der Waals surface area (Å²) in [5.74, 6) is -0.0355. The molecule has 0 saturated carbocycles. The van der Waals surface area contributed by atoms with Crippen molar-refractivity contribution in [1.29, 1.82) is 0 Å². The highest BCUT2D eigenvalue weighted by Crippen LogP contribution is 2.12. The van der Waals surface area contributed by atoms with Crippen molar-refractivity contribution in [3.63, 3.8) is 0 Å².